The molecular weight excluding hydrogens is 124 g/mol. The van der Waals surface area contributed by atoms with Gasteiger partial charge in [0.2, 0.25) is 0 Å². The first kappa shape index (κ1) is 7.13. The molecule has 0 amide bonds. The fourth-order valence-electron chi connectivity index (χ4n) is 0.996. The van der Waals surface area contributed by atoms with E-state index in [-0.39, 0.29) is 5.75 Å². The molecule has 0 N–H and O–H groups in total. The van der Waals surface area contributed by atoms with Crippen molar-refractivity contribution in [1.82, 2.24) is 0 Å². The predicted molar refractivity (Wildman–Crippen MR) is 40.8 cm³/mol. The predicted octanol–water partition coefficient (Wildman–Crippen LogP) is 2.76. The Hall–Kier alpha value is -0.980. The van der Waals surface area contributed by atoms with Crippen LogP contribution in [-0.2, 0) is 5.11 Å². The monoisotopic (exact) mass is 135 g/mol. The highest BCUT2D eigenvalue weighted by Gasteiger charge is 1.99. The molecule has 1 aromatic rings. The van der Waals surface area contributed by atoms with Gasteiger partial charge in [-0.25, -0.2) is 0 Å². The van der Waals surface area contributed by atoms with Gasteiger partial charge >= 0.3 is 0 Å². The van der Waals surface area contributed by atoms with Gasteiger partial charge in [-0.05, 0) is 49.6 Å². The van der Waals surface area contributed by atoms with Gasteiger partial charge in [0, 0.05) is 0 Å². The van der Waals surface area contributed by atoms with Crippen LogP contribution in [0.5, 0.6) is 5.75 Å². The van der Waals surface area contributed by atoms with Crippen molar-refractivity contribution in [2.24, 2.45) is 0 Å². The van der Waals surface area contributed by atoms with E-state index in [0.29, 0.717) is 0 Å². The summed E-state index contributed by atoms with van der Waals surface area (Å²) in [5.74, 6) is 0.112. The van der Waals surface area contributed by atoms with Crippen LogP contribution >= 0.6 is 0 Å². The van der Waals surface area contributed by atoms with Crippen LogP contribution in [-0.4, -0.2) is 0 Å². The second kappa shape index (κ2) is 2.33. The largest absolute Gasteiger partial charge is 0.290 e. The van der Waals surface area contributed by atoms with E-state index in [1.807, 2.05) is 20.8 Å². The van der Waals surface area contributed by atoms with Crippen LogP contribution in [0.15, 0.2) is 12.1 Å². The summed E-state index contributed by atoms with van der Waals surface area (Å²) in [6.45, 7) is 5.96. The molecule has 1 radical (unpaired) electrons. The first-order chi connectivity index (χ1) is 4.61. The lowest BCUT2D eigenvalue weighted by molar-refractivity contribution is 0.354. The van der Waals surface area contributed by atoms with Crippen LogP contribution in [0, 0.1) is 20.8 Å². The van der Waals surface area contributed by atoms with Crippen molar-refractivity contribution in [2.45, 2.75) is 20.8 Å². The van der Waals surface area contributed by atoms with Gasteiger partial charge < -0.3 is 0 Å². The molecule has 0 unspecified atom stereocenters. The summed E-state index contributed by atoms with van der Waals surface area (Å²) in [6, 6.07) is 3.34. The summed E-state index contributed by atoms with van der Waals surface area (Å²) in [5.41, 5.74) is 3.40. The highest BCUT2D eigenvalue weighted by atomic mass is 16.3. The van der Waals surface area contributed by atoms with Crippen molar-refractivity contribution in [3.05, 3.63) is 28.8 Å². The maximum absolute atomic E-state index is 10.9. The van der Waals surface area contributed by atoms with Crippen molar-refractivity contribution < 1.29 is 5.11 Å². The first-order valence-corrected chi connectivity index (χ1v) is 3.36. The van der Waals surface area contributed by atoms with Gasteiger partial charge in [0.1, 0.15) is 0 Å². The average molecular weight is 135 g/mol. The van der Waals surface area contributed by atoms with Gasteiger partial charge in [0.25, 0.3) is 0 Å². The van der Waals surface area contributed by atoms with E-state index in [4.69, 9.17) is 0 Å². The zero-order valence-electron chi connectivity index (χ0n) is 6.56. The highest BCUT2D eigenvalue weighted by Crippen LogP contribution is 2.19. The van der Waals surface area contributed by atoms with Crippen LogP contribution in [0.4, 0.5) is 0 Å². The second-order valence-corrected chi connectivity index (χ2v) is 2.68. The van der Waals surface area contributed by atoms with E-state index in [1.165, 1.54) is 5.56 Å². The summed E-state index contributed by atoms with van der Waals surface area (Å²) in [7, 11) is 0. The maximum atomic E-state index is 10.9. The third kappa shape index (κ3) is 1.13. The Morgan fingerprint density at radius 1 is 1.00 bits per heavy atom. The van der Waals surface area contributed by atoms with Crippen molar-refractivity contribution >= 4 is 0 Å². The standard InChI is InChI=1S/C9H11O/c1-6-4-9(10)5-7(2)8(6)3/h4-5H,1-3H3. The van der Waals surface area contributed by atoms with Gasteiger partial charge in [-0.2, -0.15) is 0 Å². The summed E-state index contributed by atoms with van der Waals surface area (Å²) in [6.07, 6.45) is 0. The van der Waals surface area contributed by atoms with E-state index in [1.54, 1.807) is 12.1 Å². The SMILES string of the molecule is Cc1cc([O])cc(C)c1C. The van der Waals surface area contributed by atoms with E-state index >= 15 is 0 Å². The Balaban J connectivity index is 3.31. The lowest BCUT2D eigenvalue weighted by atomic mass is 10.0. The summed E-state index contributed by atoms with van der Waals surface area (Å²) in [4.78, 5) is 0. The lowest BCUT2D eigenvalue weighted by Crippen LogP contribution is -1.83. The number of rotatable bonds is 0. The molecule has 1 heteroatoms. The van der Waals surface area contributed by atoms with Gasteiger partial charge in [-0.3, -0.25) is 5.11 Å². The van der Waals surface area contributed by atoms with Crippen LogP contribution < -0.4 is 0 Å². The molecule has 1 nitrogen and oxygen atoms in total. The number of hydrogen-bond donors (Lipinski definition) is 0. The molecular formula is C9H11O. The Morgan fingerprint density at radius 2 is 1.40 bits per heavy atom. The third-order valence-corrected chi connectivity index (χ3v) is 1.90. The van der Waals surface area contributed by atoms with Crippen molar-refractivity contribution in [3.8, 4) is 5.75 Å². The molecule has 0 aliphatic rings. The Bertz CT molecular complexity index is 228. The molecule has 10 heavy (non-hydrogen) atoms. The Kier molecular flexibility index (Phi) is 1.66. The topological polar surface area (TPSA) is 19.9 Å². The number of aryl methyl sites for hydroxylation is 2. The second-order valence-electron chi connectivity index (χ2n) is 2.68. The van der Waals surface area contributed by atoms with E-state index < -0.39 is 0 Å². The minimum atomic E-state index is 0.112. The van der Waals surface area contributed by atoms with Gasteiger partial charge in [0.05, 0.1) is 0 Å². The molecule has 0 aromatic heterocycles. The minimum absolute atomic E-state index is 0.112. The van der Waals surface area contributed by atoms with E-state index in [0.717, 1.165) is 11.1 Å². The average Bonchev–Trinajstić information content (AvgIpc) is 1.82. The van der Waals surface area contributed by atoms with Crippen molar-refractivity contribution in [3.63, 3.8) is 0 Å². The zero-order chi connectivity index (χ0) is 7.72. The Labute approximate surface area is 61.3 Å². The van der Waals surface area contributed by atoms with E-state index in [2.05, 4.69) is 0 Å². The van der Waals surface area contributed by atoms with Crippen LogP contribution in [0.25, 0.3) is 0 Å². The van der Waals surface area contributed by atoms with Gasteiger partial charge in [-0.1, -0.05) is 0 Å². The van der Waals surface area contributed by atoms with Crippen LogP contribution in [0.2, 0.25) is 0 Å². The maximum Gasteiger partial charge on any atom is 0.179 e. The molecule has 1 aromatic carbocycles. The number of hydrogen-bond acceptors (Lipinski definition) is 0. The number of benzene rings is 1. The molecule has 0 aliphatic heterocycles. The molecule has 0 bridgehead atoms. The molecule has 0 aliphatic carbocycles. The molecule has 0 heterocycles. The van der Waals surface area contributed by atoms with Gasteiger partial charge in [-0.15, -0.1) is 0 Å². The summed E-state index contributed by atoms with van der Waals surface area (Å²) < 4.78 is 0. The first-order valence-electron chi connectivity index (χ1n) is 3.36. The molecule has 0 atom stereocenters. The third-order valence-electron chi connectivity index (χ3n) is 1.90. The minimum Gasteiger partial charge on any atom is -0.290 e. The molecule has 53 valence electrons. The fraction of sp³-hybridized carbons (Fsp3) is 0.333. The van der Waals surface area contributed by atoms with E-state index in [9.17, 15) is 5.11 Å². The van der Waals surface area contributed by atoms with Crippen molar-refractivity contribution in [2.75, 3.05) is 0 Å². The quantitative estimate of drug-likeness (QED) is 0.521. The van der Waals surface area contributed by atoms with Crippen LogP contribution in [0.3, 0.4) is 0 Å². The highest BCUT2D eigenvalue weighted by molar-refractivity contribution is 5.39. The van der Waals surface area contributed by atoms with Gasteiger partial charge in [0.15, 0.2) is 5.75 Å². The molecule has 0 fully saturated rings. The lowest BCUT2D eigenvalue weighted by Gasteiger charge is -2.02. The Morgan fingerprint density at radius 3 is 1.80 bits per heavy atom. The molecule has 1 rings (SSSR count). The zero-order valence-corrected chi connectivity index (χ0v) is 6.56. The smallest absolute Gasteiger partial charge is 0.179 e. The normalized spacial score (nSPS) is 9.90. The summed E-state index contributed by atoms with van der Waals surface area (Å²) in [5, 5.41) is 10.9. The molecule has 0 saturated heterocycles. The molecule has 0 spiro atoms. The fourth-order valence-corrected chi connectivity index (χ4v) is 0.996. The van der Waals surface area contributed by atoms with Crippen LogP contribution in [0.1, 0.15) is 16.7 Å². The summed E-state index contributed by atoms with van der Waals surface area (Å²) >= 11 is 0. The molecule has 0 saturated carbocycles. The van der Waals surface area contributed by atoms with Crippen molar-refractivity contribution in [1.29, 1.82) is 0 Å².